The molecule has 112 valence electrons. The Labute approximate surface area is 128 Å². The van der Waals surface area contributed by atoms with E-state index >= 15 is 0 Å². The number of hydrogen-bond acceptors (Lipinski definition) is 7. The van der Waals surface area contributed by atoms with E-state index in [-0.39, 0.29) is 24.1 Å². The standard InChI is InChI=1S/C12H13BrFN5O2/c1-6(2)20-11-16-10(19-15)17-12(18-11)21-9-4-3-7(14)5-8(9)13/h3-6H,15H2,1-2H3,(H,16,17,18,19). The van der Waals surface area contributed by atoms with Crippen LogP contribution in [-0.2, 0) is 0 Å². The fraction of sp³-hybridized carbons (Fsp3) is 0.250. The fourth-order valence-corrected chi connectivity index (χ4v) is 1.80. The van der Waals surface area contributed by atoms with Crippen molar-refractivity contribution in [2.24, 2.45) is 5.84 Å². The van der Waals surface area contributed by atoms with Crippen molar-refractivity contribution in [1.82, 2.24) is 15.0 Å². The first kappa shape index (κ1) is 15.4. The third kappa shape index (κ3) is 4.23. The van der Waals surface area contributed by atoms with Gasteiger partial charge in [-0.3, -0.25) is 5.43 Å². The molecule has 9 heteroatoms. The Hall–Kier alpha value is -2.00. The Morgan fingerprint density at radius 3 is 2.57 bits per heavy atom. The van der Waals surface area contributed by atoms with Crippen molar-refractivity contribution >= 4 is 21.9 Å². The first-order chi connectivity index (χ1) is 9.97. The number of nitrogens with one attached hydrogen (secondary N) is 1. The van der Waals surface area contributed by atoms with Gasteiger partial charge in [0.25, 0.3) is 0 Å². The lowest BCUT2D eigenvalue weighted by molar-refractivity contribution is 0.218. The molecule has 2 aromatic rings. The summed E-state index contributed by atoms with van der Waals surface area (Å²) in [5.41, 5.74) is 2.30. The number of nitrogen functional groups attached to an aromatic ring is 1. The van der Waals surface area contributed by atoms with Crippen molar-refractivity contribution in [3.63, 3.8) is 0 Å². The lowest BCUT2D eigenvalue weighted by Crippen LogP contribution is -2.15. The molecule has 3 N–H and O–H groups in total. The van der Waals surface area contributed by atoms with Crippen molar-refractivity contribution in [1.29, 1.82) is 0 Å². The van der Waals surface area contributed by atoms with Gasteiger partial charge >= 0.3 is 12.0 Å². The highest BCUT2D eigenvalue weighted by molar-refractivity contribution is 9.10. The Morgan fingerprint density at radius 2 is 1.95 bits per heavy atom. The smallest absolute Gasteiger partial charge is 0.330 e. The number of benzene rings is 1. The van der Waals surface area contributed by atoms with E-state index in [1.165, 1.54) is 18.2 Å². The lowest BCUT2D eigenvalue weighted by atomic mass is 10.3. The van der Waals surface area contributed by atoms with E-state index in [1.807, 2.05) is 13.8 Å². The molecule has 0 amide bonds. The molecule has 1 aromatic carbocycles. The topological polar surface area (TPSA) is 95.2 Å². The molecule has 0 saturated carbocycles. The van der Waals surface area contributed by atoms with Crippen LogP contribution in [0.25, 0.3) is 0 Å². The van der Waals surface area contributed by atoms with E-state index < -0.39 is 5.82 Å². The lowest BCUT2D eigenvalue weighted by Gasteiger charge is -2.11. The van der Waals surface area contributed by atoms with E-state index in [0.29, 0.717) is 10.2 Å². The van der Waals surface area contributed by atoms with Crippen LogP contribution in [0.15, 0.2) is 22.7 Å². The normalized spacial score (nSPS) is 10.6. The molecule has 0 bridgehead atoms. The van der Waals surface area contributed by atoms with E-state index in [2.05, 4.69) is 36.3 Å². The van der Waals surface area contributed by atoms with Crippen LogP contribution in [0.3, 0.4) is 0 Å². The summed E-state index contributed by atoms with van der Waals surface area (Å²) in [7, 11) is 0. The summed E-state index contributed by atoms with van der Waals surface area (Å²) in [5.74, 6) is 5.34. The van der Waals surface area contributed by atoms with Crippen molar-refractivity contribution in [3.8, 4) is 17.8 Å². The van der Waals surface area contributed by atoms with Crippen LogP contribution in [0.4, 0.5) is 10.3 Å². The second-order valence-electron chi connectivity index (χ2n) is 4.21. The second-order valence-corrected chi connectivity index (χ2v) is 5.07. The highest BCUT2D eigenvalue weighted by Gasteiger charge is 2.12. The number of hydrogen-bond donors (Lipinski definition) is 2. The molecule has 0 unspecified atom stereocenters. The van der Waals surface area contributed by atoms with Crippen LogP contribution in [0.5, 0.6) is 17.8 Å². The predicted molar refractivity (Wildman–Crippen MR) is 77.6 cm³/mol. The van der Waals surface area contributed by atoms with Crippen LogP contribution in [-0.4, -0.2) is 21.1 Å². The summed E-state index contributed by atoms with van der Waals surface area (Å²) in [6.45, 7) is 3.66. The molecule has 0 aliphatic carbocycles. The van der Waals surface area contributed by atoms with Crippen LogP contribution < -0.4 is 20.7 Å². The first-order valence-corrected chi connectivity index (χ1v) is 6.79. The quantitative estimate of drug-likeness (QED) is 0.627. The minimum Gasteiger partial charge on any atom is -0.461 e. The van der Waals surface area contributed by atoms with Crippen LogP contribution in [0.2, 0.25) is 0 Å². The summed E-state index contributed by atoms with van der Waals surface area (Å²) >= 11 is 3.19. The maximum Gasteiger partial charge on any atom is 0.330 e. The van der Waals surface area contributed by atoms with Gasteiger partial charge in [0.15, 0.2) is 0 Å². The maximum atomic E-state index is 13.0. The van der Waals surface area contributed by atoms with Gasteiger partial charge in [0.1, 0.15) is 11.6 Å². The van der Waals surface area contributed by atoms with Crippen molar-refractivity contribution in [2.45, 2.75) is 20.0 Å². The van der Waals surface area contributed by atoms with Gasteiger partial charge in [0, 0.05) is 0 Å². The Kier molecular flexibility index (Phi) is 4.86. The third-order valence-corrected chi connectivity index (χ3v) is 2.78. The van der Waals surface area contributed by atoms with Crippen LogP contribution in [0.1, 0.15) is 13.8 Å². The Bertz CT molecular complexity index is 641. The average Bonchev–Trinajstić information content (AvgIpc) is 2.41. The average molecular weight is 358 g/mol. The number of halogens is 2. The number of hydrazine groups is 1. The molecular formula is C12H13BrFN5O2. The fourth-order valence-electron chi connectivity index (χ4n) is 1.37. The van der Waals surface area contributed by atoms with Crippen LogP contribution >= 0.6 is 15.9 Å². The largest absolute Gasteiger partial charge is 0.461 e. The second kappa shape index (κ2) is 6.64. The minimum atomic E-state index is -0.391. The van der Waals surface area contributed by atoms with Crippen molar-refractivity contribution in [2.75, 3.05) is 5.43 Å². The molecule has 0 radical (unpaired) electrons. The molecule has 0 fully saturated rings. The molecular weight excluding hydrogens is 345 g/mol. The molecule has 0 saturated heterocycles. The molecule has 0 aliphatic rings. The molecule has 21 heavy (non-hydrogen) atoms. The number of ether oxygens (including phenoxy) is 2. The number of aromatic nitrogens is 3. The molecule has 2 rings (SSSR count). The third-order valence-electron chi connectivity index (χ3n) is 2.16. The van der Waals surface area contributed by atoms with Gasteiger partial charge in [0.05, 0.1) is 10.6 Å². The molecule has 7 nitrogen and oxygen atoms in total. The van der Waals surface area contributed by atoms with Gasteiger partial charge < -0.3 is 9.47 Å². The number of anilines is 1. The summed E-state index contributed by atoms with van der Waals surface area (Å²) in [4.78, 5) is 11.9. The van der Waals surface area contributed by atoms with E-state index in [1.54, 1.807) is 0 Å². The summed E-state index contributed by atoms with van der Waals surface area (Å²) in [6, 6.07) is 4.02. The van der Waals surface area contributed by atoms with Crippen LogP contribution in [0, 0.1) is 5.82 Å². The zero-order chi connectivity index (χ0) is 15.4. The number of nitrogens with zero attached hydrogens (tertiary/aromatic N) is 3. The number of nitrogens with two attached hydrogens (primary N) is 1. The molecule has 1 heterocycles. The van der Waals surface area contributed by atoms with Gasteiger partial charge in [-0.15, -0.1) is 4.98 Å². The van der Waals surface area contributed by atoms with Gasteiger partial charge in [-0.2, -0.15) is 9.97 Å². The Morgan fingerprint density at radius 1 is 1.24 bits per heavy atom. The van der Waals surface area contributed by atoms with E-state index in [9.17, 15) is 4.39 Å². The van der Waals surface area contributed by atoms with Gasteiger partial charge in [0.2, 0.25) is 5.95 Å². The highest BCUT2D eigenvalue weighted by atomic mass is 79.9. The van der Waals surface area contributed by atoms with E-state index in [0.717, 1.165) is 0 Å². The number of rotatable bonds is 5. The zero-order valence-corrected chi connectivity index (χ0v) is 12.9. The zero-order valence-electron chi connectivity index (χ0n) is 11.3. The minimum absolute atomic E-state index is 0.0269. The van der Waals surface area contributed by atoms with Gasteiger partial charge in [-0.05, 0) is 48.0 Å². The maximum absolute atomic E-state index is 13.0. The highest BCUT2D eigenvalue weighted by Crippen LogP contribution is 2.29. The first-order valence-electron chi connectivity index (χ1n) is 6.00. The molecule has 1 aromatic heterocycles. The summed E-state index contributed by atoms with van der Waals surface area (Å²) in [6.07, 6.45) is -0.122. The molecule has 0 atom stereocenters. The van der Waals surface area contributed by atoms with E-state index in [4.69, 9.17) is 15.3 Å². The van der Waals surface area contributed by atoms with Gasteiger partial charge in [-0.25, -0.2) is 10.2 Å². The Balaban J connectivity index is 2.29. The monoisotopic (exact) mass is 357 g/mol. The molecule has 0 spiro atoms. The van der Waals surface area contributed by atoms with Gasteiger partial charge in [-0.1, -0.05) is 0 Å². The predicted octanol–water partition coefficient (Wildman–Crippen LogP) is 2.64. The summed E-state index contributed by atoms with van der Waals surface area (Å²) in [5, 5.41) is 0. The van der Waals surface area contributed by atoms with Crippen molar-refractivity contribution < 1.29 is 13.9 Å². The SMILES string of the molecule is CC(C)Oc1nc(NN)nc(Oc2ccc(F)cc2Br)n1. The van der Waals surface area contributed by atoms with Crippen molar-refractivity contribution in [3.05, 3.63) is 28.5 Å². The summed E-state index contributed by atoms with van der Waals surface area (Å²) < 4.78 is 24.3. The molecule has 0 aliphatic heterocycles.